The monoisotopic (exact) mass is 302 g/mol. The molecule has 0 bridgehead atoms. The van der Waals surface area contributed by atoms with Gasteiger partial charge in [-0.3, -0.25) is 0 Å². The maximum absolute atomic E-state index is 13.0. The minimum atomic E-state index is -4.52. The number of alkyl halides is 3. The molecular formula is C17H13F3N2. The predicted octanol–water partition coefficient (Wildman–Crippen LogP) is 5.36. The highest BCUT2D eigenvalue weighted by molar-refractivity contribution is 5.62. The smallest absolute Gasteiger partial charge is 0.378 e. The van der Waals surface area contributed by atoms with E-state index in [1.54, 1.807) is 0 Å². The van der Waals surface area contributed by atoms with Crippen LogP contribution in [0.3, 0.4) is 0 Å². The second kappa shape index (κ2) is 5.38. The molecule has 0 spiro atoms. The molecule has 1 N–H and O–H groups in total. The van der Waals surface area contributed by atoms with Gasteiger partial charge >= 0.3 is 6.18 Å². The fourth-order valence-electron chi connectivity index (χ4n) is 2.86. The molecule has 1 aliphatic carbocycles. The van der Waals surface area contributed by atoms with Gasteiger partial charge in [0.05, 0.1) is 18.2 Å². The molecule has 1 unspecified atom stereocenters. The Morgan fingerprint density at radius 1 is 1.14 bits per heavy atom. The molecule has 0 heterocycles. The first-order valence-electron chi connectivity index (χ1n) is 6.92. The van der Waals surface area contributed by atoms with E-state index in [-0.39, 0.29) is 11.7 Å². The average Bonchev–Trinajstić information content (AvgIpc) is 2.90. The van der Waals surface area contributed by atoms with Gasteiger partial charge in [-0.1, -0.05) is 30.3 Å². The minimum absolute atomic E-state index is 0.0103. The molecule has 0 saturated heterocycles. The second-order valence-corrected chi connectivity index (χ2v) is 5.28. The molecule has 0 aromatic heterocycles. The van der Waals surface area contributed by atoms with Crippen molar-refractivity contribution in [2.75, 3.05) is 5.32 Å². The lowest BCUT2D eigenvalue weighted by atomic mass is 10.1. The standard InChI is InChI=1S/C17H13F3N2/c1-21-16-9-7-12(10-14(16)17(18,19)20)22-15-8-6-11-4-2-3-5-13(11)15/h2-5,7,9-10,15,22H,6,8H2. The molecule has 0 amide bonds. The minimum Gasteiger partial charge on any atom is -0.378 e. The van der Waals surface area contributed by atoms with Crippen LogP contribution in [0.2, 0.25) is 0 Å². The van der Waals surface area contributed by atoms with E-state index in [2.05, 4.69) is 10.2 Å². The van der Waals surface area contributed by atoms with Gasteiger partial charge in [-0.2, -0.15) is 13.2 Å². The zero-order chi connectivity index (χ0) is 15.7. The number of hydrogen-bond acceptors (Lipinski definition) is 1. The lowest BCUT2D eigenvalue weighted by Gasteiger charge is -2.17. The molecule has 0 fully saturated rings. The number of aryl methyl sites for hydroxylation is 1. The van der Waals surface area contributed by atoms with E-state index in [9.17, 15) is 13.2 Å². The Labute approximate surface area is 126 Å². The van der Waals surface area contributed by atoms with Gasteiger partial charge in [-0.25, -0.2) is 4.85 Å². The number of rotatable bonds is 2. The van der Waals surface area contributed by atoms with Gasteiger partial charge in [0, 0.05) is 5.69 Å². The number of nitrogens with zero attached hydrogens (tertiary/aromatic N) is 1. The maximum atomic E-state index is 13.0. The zero-order valence-electron chi connectivity index (χ0n) is 11.6. The molecule has 2 aromatic rings. The first-order chi connectivity index (χ1) is 10.5. The van der Waals surface area contributed by atoms with E-state index in [0.717, 1.165) is 24.5 Å². The van der Waals surface area contributed by atoms with Crippen molar-refractivity contribution in [3.05, 3.63) is 70.6 Å². The number of anilines is 1. The summed E-state index contributed by atoms with van der Waals surface area (Å²) in [6, 6.07) is 11.7. The Kier molecular flexibility index (Phi) is 3.53. The summed E-state index contributed by atoms with van der Waals surface area (Å²) in [6.07, 6.45) is -2.75. The predicted molar refractivity (Wildman–Crippen MR) is 78.8 cm³/mol. The van der Waals surface area contributed by atoms with Gasteiger partial charge in [-0.05, 0) is 36.1 Å². The SMILES string of the molecule is [C-]#[N+]c1ccc(NC2CCc3ccccc32)cc1C(F)(F)F. The Hall–Kier alpha value is -2.48. The molecule has 3 rings (SSSR count). The number of nitrogens with one attached hydrogen (secondary N) is 1. The molecule has 2 aromatic carbocycles. The number of hydrogen-bond donors (Lipinski definition) is 1. The topological polar surface area (TPSA) is 16.4 Å². The summed E-state index contributed by atoms with van der Waals surface area (Å²) in [5.74, 6) is 0. The van der Waals surface area contributed by atoms with Crippen LogP contribution in [0.5, 0.6) is 0 Å². The van der Waals surface area contributed by atoms with Crippen LogP contribution in [0.25, 0.3) is 4.85 Å². The summed E-state index contributed by atoms with van der Waals surface area (Å²) in [5.41, 5.74) is 1.49. The first kappa shape index (κ1) is 14.5. The third-order valence-electron chi connectivity index (χ3n) is 3.90. The van der Waals surface area contributed by atoms with Crippen molar-refractivity contribution in [1.29, 1.82) is 0 Å². The average molecular weight is 302 g/mol. The zero-order valence-corrected chi connectivity index (χ0v) is 11.6. The van der Waals surface area contributed by atoms with E-state index in [1.165, 1.54) is 17.7 Å². The molecule has 0 radical (unpaired) electrons. The van der Waals surface area contributed by atoms with E-state index >= 15 is 0 Å². The van der Waals surface area contributed by atoms with E-state index in [1.807, 2.05) is 24.3 Å². The van der Waals surface area contributed by atoms with Crippen LogP contribution in [0.4, 0.5) is 24.5 Å². The summed E-state index contributed by atoms with van der Waals surface area (Å²) in [6.45, 7) is 6.86. The van der Waals surface area contributed by atoms with E-state index in [4.69, 9.17) is 6.57 Å². The number of halogens is 3. The molecule has 0 aliphatic heterocycles. The van der Waals surface area contributed by atoms with Crippen molar-refractivity contribution in [3.63, 3.8) is 0 Å². The van der Waals surface area contributed by atoms with Crippen molar-refractivity contribution in [2.45, 2.75) is 25.1 Å². The van der Waals surface area contributed by atoms with Crippen molar-refractivity contribution in [3.8, 4) is 0 Å². The summed E-state index contributed by atoms with van der Waals surface area (Å²) >= 11 is 0. The van der Waals surface area contributed by atoms with Crippen LogP contribution in [0, 0.1) is 6.57 Å². The van der Waals surface area contributed by atoms with Crippen molar-refractivity contribution >= 4 is 11.4 Å². The highest BCUT2D eigenvalue weighted by atomic mass is 19.4. The largest absolute Gasteiger partial charge is 0.407 e. The lowest BCUT2D eigenvalue weighted by molar-refractivity contribution is -0.136. The Balaban J connectivity index is 1.90. The Bertz CT molecular complexity index is 744. The second-order valence-electron chi connectivity index (χ2n) is 5.28. The van der Waals surface area contributed by atoms with Gasteiger partial charge in [0.15, 0.2) is 5.69 Å². The third-order valence-corrected chi connectivity index (χ3v) is 3.90. The van der Waals surface area contributed by atoms with Crippen LogP contribution in [-0.2, 0) is 12.6 Å². The van der Waals surface area contributed by atoms with Crippen LogP contribution < -0.4 is 5.32 Å². The van der Waals surface area contributed by atoms with Crippen LogP contribution in [0.1, 0.15) is 29.2 Å². The van der Waals surface area contributed by atoms with Crippen LogP contribution in [0.15, 0.2) is 42.5 Å². The van der Waals surface area contributed by atoms with Crippen molar-refractivity contribution in [2.24, 2.45) is 0 Å². The van der Waals surface area contributed by atoms with E-state index < -0.39 is 11.7 Å². The van der Waals surface area contributed by atoms with Gasteiger partial charge in [0.1, 0.15) is 0 Å². The third kappa shape index (κ3) is 2.64. The molecule has 1 atom stereocenters. The van der Waals surface area contributed by atoms with Crippen molar-refractivity contribution < 1.29 is 13.2 Å². The quantitative estimate of drug-likeness (QED) is 0.739. The Morgan fingerprint density at radius 2 is 1.91 bits per heavy atom. The fraction of sp³-hybridized carbons (Fsp3) is 0.235. The summed E-state index contributed by atoms with van der Waals surface area (Å²) in [4.78, 5) is 2.95. The molecule has 1 aliphatic rings. The van der Waals surface area contributed by atoms with Crippen LogP contribution >= 0.6 is 0 Å². The fourth-order valence-corrected chi connectivity index (χ4v) is 2.86. The Morgan fingerprint density at radius 3 is 2.64 bits per heavy atom. The van der Waals surface area contributed by atoms with Crippen molar-refractivity contribution in [1.82, 2.24) is 0 Å². The number of fused-ring (bicyclic) bond motifs is 1. The van der Waals surface area contributed by atoms with E-state index in [0.29, 0.717) is 5.69 Å². The highest BCUT2D eigenvalue weighted by Gasteiger charge is 2.34. The van der Waals surface area contributed by atoms with Gasteiger partial charge in [-0.15, -0.1) is 0 Å². The van der Waals surface area contributed by atoms with Gasteiger partial charge in [0.2, 0.25) is 0 Å². The highest BCUT2D eigenvalue weighted by Crippen LogP contribution is 2.39. The molecule has 2 nitrogen and oxygen atoms in total. The summed E-state index contributed by atoms with van der Waals surface area (Å²) < 4.78 is 39.0. The lowest BCUT2D eigenvalue weighted by Crippen LogP contribution is -2.10. The normalized spacial score (nSPS) is 16.9. The van der Waals surface area contributed by atoms with Gasteiger partial charge < -0.3 is 5.32 Å². The van der Waals surface area contributed by atoms with Crippen LogP contribution in [-0.4, -0.2) is 0 Å². The molecule has 5 heteroatoms. The van der Waals surface area contributed by atoms with Gasteiger partial charge in [0.25, 0.3) is 0 Å². The molecular weight excluding hydrogens is 289 g/mol. The maximum Gasteiger partial charge on any atom is 0.407 e. The molecule has 0 saturated carbocycles. The summed E-state index contributed by atoms with van der Waals surface area (Å²) in [5, 5.41) is 3.16. The molecule has 22 heavy (non-hydrogen) atoms. The first-order valence-corrected chi connectivity index (χ1v) is 6.92. The summed E-state index contributed by atoms with van der Waals surface area (Å²) in [7, 11) is 0. The molecule has 112 valence electrons. The number of benzene rings is 2.